The van der Waals surface area contributed by atoms with Crippen molar-refractivity contribution in [1.29, 1.82) is 0 Å². The summed E-state index contributed by atoms with van der Waals surface area (Å²) in [5, 5.41) is 0. The van der Waals surface area contributed by atoms with Gasteiger partial charge in [0.15, 0.2) is 5.82 Å². The van der Waals surface area contributed by atoms with Crippen LogP contribution in [0.1, 0.15) is 10.6 Å². The molecule has 0 fully saturated rings. The van der Waals surface area contributed by atoms with E-state index in [2.05, 4.69) is 11.1 Å². The number of rotatable bonds is 1. The predicted molar refractivity (Wildman–Crippen MR) is 55.3 cm³/mol. The number of amides is 1. The Morgan fingerprint density at radius 3 is 2.93 bits per heavy atom. The molecule has 14 heavy (non-hydrogen) atoms. The van der Waals surface area contributed by atoms with Crippen molar-refractivity contribution in [2.45, 2.75) is 0 Å². The van der Waals surface area contributed by atoms with Crippen LogP contribution in [0.4, 0.5) is 0 Å². The molecule has 0 aliphatic heterocycles. The van der Waals surface area contributed by atoms with Gasteiger partial charge in [0.05, 0.1) is 11.0 Å². The molecule has 0 saturated heterocycles. The highest BCUT2D eigenvalue weighted by Crippen LogP contribution is 2.12. The number of carbonyl (C=O) groups is 1. The summed E-state index contributed by atoms with van der Waals surface area (Å²) in [4.78, 5) is 15.0. The number of hydrogen-bond acceptors (Lipinski definition) is 2. The fraction of sp³-hybridized carbons (Fsp3) is 0.111. The number of aryl methyl sites for hydroxylation is 1. The summed E-state index contributed by atoms with van der Waals surface area (Å²) < 4.78 is 1.66. The topological polar surface area (TPSA) is 60.9 Å². The van der Waals surface area contributed by atoms with Crippen LogP contribution in [0.2, 0.25) is 0 Å². The average Bonchev–Trinajstić information content (AvgIpc) is 2.45. The molecule has 2 N–H and O–H groups in total. The fourth-order valence-corrected chi connectivity index (χ4v) is 1.29. The normalized spacial score (nSPS) is 9.79. The van der Waals surface area contributed by atoms with E-state index in [0.29, 0.717) is 5.52 Å². The Balaban J connectivity index is 0.000000980. The second kappa shape index (κ2) is 3.67. The van der Waals surface area contributed by atoms with Crippen molar-refractivity contribution < 1.29 is 4.79 Å². The summed E-state index contributed by atoms with van der Waals surface area (Å²) in [5.41, 5.74) is 6.67. The summed E-state index contributed by atoms with van der Waals surface area (Å²) in [7, 11) is 1.75. The Labute approximate surface area is 87.1 Å². The van der Waals surface area contributed by atoms with Crippen molar-refractivity contribution in [1.82, 2.24) is 9.55 Å². The maximum Gasteiger partial charge on any atom is 0.284 e. The standard InChI is InChI=1S/C9H8N3O.ClH/c1-12-7-5-3-2-4-6(7)11-9(12)8(10)13;/h2-3,5H,1H3,(H2,10,13);1H. The molecule has 0 aliphatic rings. The zero-order valence-corrected chi connectivity index (χ0v) is 8.34. The number of fused-ring (bicyclic) bond motifs is 1. The van der Waals surface area contributed by atoms with Gasteiger partial charge < -0.3 is 10.3 Å². The zero-order chi connectivity index (χ0) is 9.42. The van der Waals surface area contributed by atoms with E-state index in [4.69, 9.17) is 5.73 Å². The third kappa shape index (κ3) is 1.44. The van der Waals surface area contributed by atoms with Crippen LogP contribution in [0.25, 0.3) is 11.0 Å². The number of imidazole rings is 1. The first kappa shape index (κ1) is 10.5. The fourth-order valence-electron chi connectivity index (χ4n) is 1.29. The molecule has 2 aromatic rings. The van der Waals surface area contributed by atoms with Gasteiger partial charge in [-0.15, -0.1) is 12.4 Å². The molecular weight excluding hydrogens is 202 g/mol. The lowest BCUT2D eigenvalue weighted by molar-refractivity contribution is 0.0988. The molecule has 4 nitrogen and oxygen atoms in total. The monoisotopic (exact) mass is 210 g/mol. The molecule has 0 unspecified atom stereocenters. The van der Waals surface area contributed by atoms with Crippen LogP contribution in [0.15, 0.2) is 18.2 Å². The summed E-state index contributed by atoms with van der Waals surface area (Å²) in [5.74, 6) is -0.260. The zero-order valence-electron chi connectivity index (χ0n) is 7.52. The maximum absolute atomic E-state index is 10.9. The molecule has 5 heteroatoms. The van der Waals surface area contributed by atoms with E-state index in [9.17, 15) is 4.79 Å². The van der Waals surface area contributed by atoms with Crippen LogP contribution >= 0.6 is 12.4 Å². The number of carbonyl (C=O) groups excluding carboxylic acids is 1. The van der Waals surface area contributed by atoms with Gasteiger partial charge in [0.1, 0.15) is 0 Å². The van der Waals surface area contributed by atoms with Gasteiger partial charge in [-0.2, -0.15) is 0 Å². The summed E-state index contributed by atoms with van der Waals surface area (Å²) in [6, 6.07) is 8.39. The summed E-state index contributed by atoms with van der Waals surface area (Å²) in [6.07, 6.45) is 0. The molecule has 0 bridgehead atoms. The molecule has 1 aromatic carbocycles. The first-order chi connectivity index (χ1) is 6.20. The van der Waals surface area contributed by atoms with E-state index in [1.165, 1.54) is 0 Å². The van der Waals surface area contributed by atoms with Gasteiger partial charge in [0.25, 0.3) is 5.91 Å². The minimum absolute atomic E-state index is 0. The van der Waals surface area contributed by atoms with Crippen molar-refractivity contribution >= 4 is 29.3 Å². The minimum atomic E-state index is -0.521. The van der Waals surface area contributed by atoms with E-state index in [-0.39, 0.29) is 18.2 Å². The average molecular weight is 211 g/mol. The molecule has 0 saturated carbocycles. The van der Waals surface area contributed by atoms with E-state index in [1.807, 2.05) is 12.1 Å². The number of halogens is 1. The van der Waals surface area contributed by atoms with Crippen LogP contribution in [0.5, 0.6) is 0 Å². The number of primary amides is 1. The smallest absolute Gasteiger partial charge is 0.284 e. The Hall–Kier alpha value is -1.55. The van der Waals surface area contributed by atoms with Crippen LogP contribution in [-0.2, 0) is 7.05 Å². The Morgan fingerprint density at radius 2 is 2.36 bits per heavy atom. The molecule has 0 spiro atoms. The second-order valence-corrected chi connectivity index (χ2v) is 2.76. The van der Waals surface area contributed by atoms with Gasteiger partial charge in [-0.3, -0.25) is 4.79 Å². The third-order valence-corrected chi connectivity index (χ3v) is 1.93. The predicted octanol–water partition coefficient (Wildman–Crippen LogP) is 0.894. The molecule has 1 amide bonds. The van der Waals surface area contributed by atoms with Crippen LogP contribution in [0, 0.1) is 6.07 Å². The maximum atomic E-state index is 10.9. The van der Waals surface area contributed by atoms with E-state index in [1.54, 1.807) is 17.7 Å². The largest absolute Gasteiger partial charge is 0.363 e. The lowest BCUT2D eigenvalue weighted by atomic mass is 10.3. The minimum Gasteiger partial charge on any atom is -0.363 e. The van der Waals surface area contributed by atoms with E-state index >= 15 is 0 Å². The van der Waals surface area contributed by atoms with Crippen molar-refractivity contribution in [2.75, 3.05) is 0 Å². The van der Waals surface area contributed by atoms with Crippen LogP contribution in [0.3, 0.4) is 0 Å². The first-order valence-corrected chi connectivity index (χ1v) is 3.83. The highest BCUT2D eigenvalue weighted by atomic mass is 35.5. The quantitative estimate of drug-likeness (QED) is 0.760. The molecule has 0 aliphatic carbocycles. The van der Waals surface area contributed by atoms with Crippen molar-refractivity contribution in [3.8, 4) is 0 Å². The number of nitrogens with two attached hydrogens (primary N) is 1. The highest BCUT2D eigenvalue weighted by molar-refractivity contribution is 5.93. The Bertz CT molecular complexity index is 478. The molecule has 1 aromatic heterocycles. The lowest BCUT2D eigenvalue weighted by Gasteiger charge is -1.95. The number of hydrogen-bond donors (Lipinski definition) is 1. The van der Waals surface area contributed by atoms with Gasteiger partial charge in [-0.25, -0.2) is 4.98 Å². The van der Waals surface area contributed by atoms with Crippen molar-refractivity contribution in [2.24, 2.45) is 12.8 Å². The Kier molecular flexibility index (Phi) is 2.76. The summed E-state index contributed by atoms with van der Waals surface area (Å²) >= 11 is 0. The van der Waals surface area contributed by atoms with Gasteiger partial charge in [-0.05, 0) is 6.07 Å². The van der Waals surface area contributed by atoms with Gasteiger partial charge in [-0.1, -0.05) is 12.1 Å². The van der Waals surface area contributed by atoms with Crippen LogP contribution < -0.4 is 5.73 Å². The van der Waals surface area contributed by atoms with E-state index < -0.39 is 5.91 Å². The van der Waals surface area contributed by atoms with Gasteiger partial charge in [0.2, 0.25) is 0 Å². The number of nitrogens with zero attached hydrogens (tertiary/aromatic N) is 2. The number of para-hydroxylation sites is 1. The van der Waals surface area contributed by atoms with Crippen LogP contribution in [-0.4, -0.2) is 15.5 Å². The van der Waals surface area contributed by atoms with E-state index in [0.717, 1.165) is 5.52 Å². The number of benzene rings is 1. The van der Waals surface area contributed by atoms with Crippen molar-refractivity contribution in [3.05, 3.63) is 30.1 Å². The molecule has 73 valence electrons. The third-order valence-electron chi connectivity index (χ3n) is 1.93. The molecule has 1 radical (unpaired) electrons. The molecular formula is C9H9ClN3O. The molecule has 0 atom stereocenters. The Morgan fingerprint density at radius 1 is 1.64 bits per heavy atom. The number of aromatic nitrogens is 2. The van der Waals surface area contributed by atoms with Gasteiger partial charge >= 0.3 is 0 Å². The van der Waals surface area contributed by atoms with Crippen molar-refractivity contribution in [3.63, 3.8) is 0 Å². The lowest BCUT2D eigenvalue weighted by Crippen LogP contribution is -2.16. The highest BCUT2D eigenvalue weighted by Gasteiger charge is 2.10. The SMILES string of the molecule is Cl.Cn1c(C(N)=O)nc2[c]cccc21. The second-order valence-electron chi connectivity index (χ2n) is 2.76. The first-order valence-electron chi connectivity index (χ1n) is 3.83. The van der Waals surface area contributed by atoms with Gasteiger partial charge in [0, 0.05) is 13.1 Å². The summed E-state index contributed by atoms with van der Waals surface area (Å²) in [6.45, 7) is 0. The molecule has 1 heterocycles. The molecule has 2 rings (SSSR count).